The highest BCUT2D eigenvalue weighted by molar-refractivity contribution is 5.99. The zero-order valence-electron chi connectivity index (χ0n) is 18.5. The normalized spacial score (nSPS) is 10.6. The summed E-state index contributed by atoms with van der Waals surface area (Å²) in [4.78, 5) is 26.6. The molecule has 0 spiro atoms. The average molecular weight is 421 g/mol. The lowest BCUT2D eigenvalue weighted by molar-refractivity contribution is -0.116. The quantitative estimate of drug-likeness (QED) is 0.618. The molecule has 31 heavy (non-hydrogen) atoms. The molecular formula is C24H27N3O4. The van der Waals surface area contributed by atoms with E-state index in [1.165, 1.54) is 4.90 Å². The number of amides is 2. The average Bonchev–Trinajstić information content (AvgIpc) is 3.06. The molecule has 0 saturated carbocycles. The van der Waals surface area contributed by atoms with E-state index in [9.17, 15) is 9.59 Å². The van der Waals surface area contributed by atoms with Gasteiger partial charge in [-0.2, -0.15) is 0 Å². The Balaban J connectivity index is 1.62. The van der Waals surface area contributed by atoms with Gasteiger partial charge in [0.1, 0.15) is 18.1 Å². The van der Waals surface area contributed by atoms with Crippen molar-refractivity contribution >= 4 is 17.5 Å². The van der Waals surface area contributed by atoms with E-state index in [-0.39, 0.29) is 18.4 Å². The van der Waals surface area contributed by atoms with Crippen LogP contribution in [0.5, 0.6) is 5.75 Å². The summed E-state index contributed by atoms with van der Waals surface area (Å²) in [6, 6.07) is 12.6. The van der Waals surface area contributed by atoms with Gasteiger partial charge in [-0.3, -0.25) is 9.59 Å². The molecule has 7 heteroatoms. The minimum Gasteiger partial charge on any atom is -0.489 e. The van der Waals surface area contributed by atoms with E-state index in [1.54, 1.807) is 31.3 Å². The molecule has 1 N–H and O–H groups in total. The summed E-state index contributed by atoms with van der Waals surface area (Å²) in [7, 11) is 1.60. The molecule has 2 amide bonds. The van der Waals surface area contributed by atoms with Crippen LogP contribution in [0.25, 0.3) is 0 Å². The highest BCUT2D eigenvalue weighted by Crippen LogP contribution is 2.20. The van der Waals surface area contributed by atoms with Crippen molar-refractivity contribution in [2.75, 3.05) is 18.9 Å². The minimum absolute atomic E-state index is 0.0591. The number of likely N-dealkylation sites (N-methyl/N-ethyl adjacent to an activating group) is 1. The second kappa shape index (κ2) is 9.47. The van der Waals surface area contributed by atoms with E-state index in [0.717, 1.165) is 28.1 Å². The van der Waals surface area contributed by atoms with Gasteiger partial charge in [0, 0.05) is 18.3 Å². The summed E-state index contributed by atoms with van der Waals surface area (Å²) in [5, 5.41) is 6.79. The fourth-order valence-electron chi connectivity index (χ4n) is 3.17. The van der Waals surface area contributed by atoms with Gasteiger partial charge in [0.2, 0.25) is 5.91 Å². The van der Waals surface area contributed by atoms with Crippen molar-refractivity contribution < 1.29 is 18.8 Å². The Morgan fingerprint density at radius 3 is 2.55 bits per heavy atom. The molecule has 0 aliphatic heterocycles. The highest BCUT2D eigenvalue weighted by Gasteiger charge is 2.17. The van der Waals surface area contributed by atoms with Crippen LogP contribution >= 0.6 is 0 Å². The summed E-state index contributed by atoms with van der Waals surface area (Å²) in [6.07, 6.45) is 0. The Morgan fingerprint density at radius 2 is 1.84 bits per heavy atom. The third-order valence-electron chi connectivity index (χ3n) is 5.25. The molecular weight excluding hydrogens is 394 g/mol. The van der Waals surface area contributed by atoms with Gasteiger partial charge in [-0.1, -0.05) is 23.4 Å². The summed E-state index contributed by atoms with van der Waals surface area (Å²) in [5.74, 6) is 0.743. The molecule has 1 aromatic heterocycles. The van der Waals surface area contributed by atoms with E-state index in [1.807, 2.05) is 45.9 Å². The molecule has 7 nitrogen and oxygen atoms in total. The zero-order chi connectivity index (χ0) is 22.5. The number of hydrogen-bond donors (Lipinski definition) is 1. The molecule has 3 aromatic rings. The molecule has 3 rings (SSSR count). The molecule has 0 unspecified atom stereocenters. The third-order valence-corrected chi connectivity index (χ3v) is 5.25. The summed E-state index contributed by atoms with van der Waals surface area (Å²) < 4.78 is 11.0. The Bertz CT molecular complexity index is 1080. The topological polar surface area (TPSA) is 84.7 Å². The monoisotopic (exact) mass is 421 g/mol. The molecule has 0 aliphatic carbocycles. The Labute approximate surface area is 182 Å². The number of carbonyl (C=O) groups is 2. The lowest BCUT2D eigenvalue weighted by atomic mass is 10.1. The molecule has 0 fully saturated rings. The van der Waals surface area contributed by atoms with E-state index in [2.05, 4.69) is 10.5 Å². The molecule has 0 bridgehead atoms. The first-order valence-electron chi connectivity index (χ1n) is 10.0. The SMILES string of the molecule is Cc1cccc(NC(=O)CN(C)C(=O)c2cccc(OCc3c(C)noc3C)c2)c1C. The van der Waals surface area contributed by atoms with Crippen molar-refractivity contribution in [3.8, 4) is 5.75 Å². The Hall–Kier alpha value is -3.61. The standard InChI is InChI=1S/C24H27N3O4/c1-15-8-6-11-22(16(15)2)25-23(28)13-27(5)24(29)19-9-7-10-20(12-19)30-14-21-17(3)26-31-18(21)4/h6-12H,13-14H2,1-5H3,(H,25,28). The highest BCUT2D eigenvalue weighted by atomic mass is 16.5. The summed E-state index contributed by atoms with van der Waals surface area (Å²) in [5.41, 5.74) is 4.96. The van der Waals surface area contributed by atoms with Crippen LogP contribution in [0.15, 0.2) is 47.0 Å². The number of nitrogens with one attached hydrogen (secondary N) is 1. The maximum atomic E-state index is 12.8. The predicted octanol–water partition coefficient (Wildman–Crippen LogP) is 4.20. The molecule has 0 saturated heterocycles. The van der Waals surface area contributed by atoms with Gasteiger partial charge >= 0.3 is 0 Å². The van der Waals surface area contributed by atoms with Gasteiger partial charge in [0.05, 0.1) is 17.8 Å². The number of hydrogen-bond acceptors (Lipinski definition) is 5. The number of anilines is 1. The van der Waals surface area contributed by atoms with Crippen molar-refractivity contribution in [1.82, 2.24) is 10.1 Å². The van der Waals surface area contributed by atoms with Crippen molar-refractivity contribution in [1.29, 1.82) is 0 Å². The van der Waals surface area contributed by atoms with Crippen LogP contribution in [0, 0.1) is 27.7 Å². The number of aryl methyl sites for hydroxylation is 3. The zero-order valence-corrected chi connectivity index (χ0v) is 18.5. The van der Waals surface area contributed by atoms with Crippen LogP contribution in [0.1, 0.15) is 38.5 Å². The molecule has 0 atom stereocenters. The van der Waals surface area contributed by atoms with Crippen molar-refractivity contribution in [3.05, 3.63) is 76.2 Å². The van der Waals surface area contributed by atoms with E-state index in [4.69, 9.17) is 9.26 Å². The Kier molecular flexibility index (Phi) is 6.74. The Morgan fingerprint density at radius 1 is 1.10 bits per heavy atom. The molecule has 0 aliphatic rings. The number of nitrogens with zero attached hydrogens (tertiary/aromatic N) is 2. The van der Waals surface area contributed by atoms with Crippen LogP contribution in [0.4, 0.5) is 5.69 Å². The number of benzene rings is 2. The van der Waals surface area contributed by atoms with Crippen LogP contribution in [0.3, 0.4) is 0 Å². The molecule has 2 aromatic carbocycles. The third kappa shape index (κ3) is 5.31. The van der Waals surface area contributed by atoms with Crippen LogP contribution in [0.2, 0.25) is 0 Å². The first kappa shape index (κ1) is 22.1. The molecule has 1 heterocycles. The largest absolute Gasteiger partial charge is 0.489 e. The lowest BCUT2D eigenvalue weighted by Gasteiger charge is -2.18. The predicted molar refractivity (Wildman–Crippen MR) is 118 cm³/mol. The second-order valence-corrected chi connectivity index (χ2v) is 7.58. The first-order valence-corrected chi connectivity index (χ1v) is 10.0. The van der Waals surface area contributed by atoms with Gasteiger partial charge in [-0.25, -0.2) is 0 Å². The molecule has 0 radical (unpaired) electrons. The van der Waals surface area contributed by atoms with Gasteiger partial charge in [-0.15, -0.1) is 0 Å². The fourth-order valence-corrected chi connectivity index (χ4v) is 3.17. The maximum absolute atomic E-state index is 12.8. The smallest absolute Gasteiger partial charge is 0.254 e. The van der Waals surface area contributed by atoms with E-state index >= 15 is 0 Å². The van der Waals surface area contributed by atoms with Crippen LogP contribution in [-0.2, 0) is 11.4 Å². The van der Waals surface area contributed by atoms with Gasteiger partial charge in [0.25, 0.3) is 5.91 Å². The second-order valence-electron chi connectivity index (χ2n) is 7.58. The molecule has 162 valence electrons. The number of carbonyl (C=O) groups excluding carboxylic acids is 2. The first-order chi connectivity index (χ1) is 14.8. The van der Waals surface area contributed by atoms with Gasteiger partial charge < -0.3 is 19.5 Å². The van der Waals surface area contributed by atoms with Crippen LogP contribution in [-0.4, -0.2) is 35.5 Å². The number of rotatable bonds is 7. The fraction of sp³-hybridized carbons (Fsp3) is 0.292. The van der Waals surface area contributed by atoms with Crippen molar-refractivity contribution in [2.45, 2.75) is 34.3 Å². The van der Waals surface area contributed by atoms with E-state index in [0.29, 0.717) is 23.7 Å². The lowest BCUT2D eigenvalue weighted by Crippen LogP contribution is -2.35. The van der Waals surface area contributed by atoms with Gasteiger partial charge in [0.15, 0.2) is 0 Å². The van der Waals surface area contributed by atoms with Gasteiger partial charge in [-0.05, 0) is 63.1 Å². The van der Waals surface area contributed by atoms with Crippen molar-refractivity contribution in [3.63, 3.8) is 0 Å². The summed E-state index contributed by atoms with van der Waals surface area (Å²) >= 11 is 0. The number of aromatic nitrogens is 1. The minimum atomic E-state index is -0.265. The summed E-state index contributed by atoms with van der Waals surface area (Å²) in [6.45, 7) is 7.86. The van der Waals surface area contributed by atoms with Crippen molar-refractivity contribution in [2.24, 2.45) is 0 Å². The maximum Gasteiger partial charge on any atom is 0.254 e. The van der Waals surface area contributed by atoms with E-state index < -0.39 is 0 Å². The van der Waals surface area contributed by atoms with Crippen LogP contribution < -0.4 is 10.1 Å². The number of ether oxygens (including phenoxy) is 1.